The van der Waals surface area contributed by atoms with Gasteiger partial charge < -0.3 is 5.11 Å². The van der Waals surface area contributed by atoms with Crippen LogP contribution in [0.1, 0.15) is 25.0 Å². The van der Waals surface area contributed by atoms with Crippen molar-refractivity contribution in [1.82, 2.24) is 9.88 Å². The molecule has 0 aliphatic carbocycles. The molecular formula is C13H20N2O2. The molecule has 0 saturated heterocycles. The van der Waals surface area contributed by atoms with Crippen molar-refractivity contribution >= 4 is 5.97 Å². The number of rotatable bonds is 6. The van der Waals surface area contributed by atoms with E-state index < -0.39 is 5.97 Å². The summed E-state index contributed by atoms with van der Waals surface area (Å²) in [6.07, 6.45) is 3.59. The molecule has 0 atom stereocenters. The molecule has 0 amide bonds. The molecule has 1 aromatic rings. The smallest absolute Gasteiger partial charge is 0.317 e. The lowest BCUT2D eigenvalue weighted by molar-refractivity contribution is -0.138. The fourth-order valence-corrected chi connectivity index (χ4v) is 1.85. The first-order chi connectivity index (χ1) is 7.97. The van der Waals surface area contributed by atoms with E-state index in [1.54, 1.807) is 12.4 Å². The van der Waals surface area contributed by atoms with E-state index in [1.165, 1.54) is 0 Å². The summed E-state index contributed by atoms with van der Waals surface area (Å²) in [5.74, 6) is -0.335. The van der Waals surface area contributed by atoms with Crippen LogP contribution in [-0.2, 0) is 11.3 Å². The molecule has 4 nitrogen and oxygen atoms in total. The quantitative estimate of drug-likeness (QED) is 0.820. The van der Waals surface area contributed by atoms with Gasteiger partial charge in [-0.3, -0.25) is 14.7 Å². The number of nitrogens with zero attached hydrogens (tertiary/aromatic N) is 2. The lowest BCUT2D eigenvalue weighted by atomic mass is 10.1. The first-order valence-corrected chi connectivity index (χ1v) is 5.82. The number of aromatic nitrogens is 1. The SMILES string of the molecule is Cc1cncc(CN(CC(=O)O)CC(C)C)c1. The van der Waals surface area contributed by atoms with E-state index in [1.807, 2.05) is 17.9 Å². The third-order valence-electron chi connectivity index (χ3n) is 2.32. The molecule has 1 heterocycles. The van der Waals surface area contributed by atoms with Gasteiger partial charge in [0.1, 0.15) is 0 Å². The van der Waals surface area contributed by atoms with Gasteiger partial charge in [0.15, 0.2) is 0 Å². The maximum absolute atomic E-state index is 10.8. The molecule has 0 fully saturated rings. The molecule has 0 aliphatic rings. The van der Waals surface area contributed by atoms with Gasteiger partial charge in [0.2, 0.25) is 0 Å². The molecular weight excluding hydrogens is 216 g/mol. The summed E-state index contributed by atoms with van der Waals surface area (Å²) in [6, 6.07) is 2.04. The van der Waals surface area contributed by atoms with Gasteiger partial charge in [0, 0.05) is 25.5 Å². The molecule has 4 heteroatoms. The van der Waals surface area contributed by atoms with E-state index in [0.29, 0.717) is 12.5 Å². The average molecular weight is 236 g/mol. The third-order valence-corrected chi connectivity index (χ3v) is 2.32. The van der Waals surface area contributed by atoms with E-state index in [4.69, 9.17) is 5.11 Å². The zero-order valence-electron chi connectivity index (χ0n) is 10.7. The van der Waals surface area contributed by atoms with Crippen LogP contribution in [0.2, 0.25) is 0 Å². The molecule has 0 spiro atoms. The maximum atomic E-state index is 10.8. The van der Waals surface area contributed by atoms with Crippen molar-refractivity contribution in [2.45, 2.75) is 27.3 Å². The second-order valence-corrected chi connectivity index (χ2v) is 4.83. The van der Waals surface area contributed by atoms with Crippen LogP contribution in [0.3, 0.4) is 0 Å². The standard InChI is InChI=1S/C13H20N2O2/c1-10(2)7-15(9-13(16)17)8-12-4-11(3)5-14-6-12/h4-6,10H,7-9H2,1-3H3,(H,16,17). The zero-order valence-corrected chi connectivity index (χ0v) is 10.7. The molecule has 0 aromatic carbocycles. The van der Waals surface area contributed by atoms with Gasteiger partial charge in [0.25, 0.3) is 0 Å². The molecule has 1 rings (SSSR count). The largest absolute Gasteiger partial charge is 0.480 e. The van der Waals surface area contributed by atoms with Crippen molar-refractivity contribution < 1.29 is 9.90 Å². The summed E-state index contributed by atoms with van der Waals surface area (Å²) in [6.45, 7) is 7.65. The fourth-order valence-electron chi connectivity index (χ4n) is 1.85. The average Bonchev–Trinajstić information content (AvgIpc) is 2.14. The minimum Gasteiger partial charge on any atom is -0.480 e. The van der Waals surface area contributed by atoms with Gasteiger partial charge in [-0.25, -0.2) is 0 Å². The molecule has 17 heavy (non-hydrogen) atoms. The molecule has 0 aliphatic heterocycles. The van der Waals surface area contributed by atoms with Crippen LogP contribution in [-0.4, -0.2) is 34.0 Å². The lowest BCUT2D eigenvalue weighted by Crippen LogP contribution is -2.32. The Hall–Kier alpha value is -1.42. The van der Waals surface area contributed by atoms with Gasteiger partial charge in [-0.1, -0.05) is 19.9 Å². The Morgan fingerprint density at radius 2 is 2.18 bits per heavy atom. The van der Waals surface area contributed by atoms with Crippen LogP contribution in [0.15, 0.2) is 18.5 Å². The normalized spacial score (nSPS) is 11.1. The van der Waals surface area contributed by atoms with Crippen LogP contribution >= 0.6 is 0 Å². The fraction of sp³-hybridized carbons (Fsp3) is 0.538. The summed E-state index contributed by atoms with van der Waals surface area (Å²) in [5.41, 5.74) is 2.16. The van der Waals surface area contributed by atoms with E-state index in [9.17, 15) is 4.79 Å². The molecule has 1 N–H and O–H groups in total. The number of hydrogen-bond acceptors (Lipinski definition) is 3. The van der Waals surface area contributed by atoms with Gasteiger partial charge in [-0.2, -0.15) is 0 Å². The van der Waals surface area contributed by atoms with E-state index in [-0.39, 0.29) is 6.54 Å². The Bertz CT molecular complexity index is 377. The highest BCUT2D eigenvalue weighted by Crippen LogP contribution is 2.08. The van der Waals surface area contributed by atoms with Crippen LogP contribution < -0.4 is 0 Å². The Morgan fingerprint density at radius 1 is 1.47 bits per heavy atom. The first kappa shape index (κ1) is 13.6. The van der Waals surface area contributed by atoms with Crippen LogP contribution in [0.5, 0.6) is 0 Å². The predicted octanol–water partition coefficient (Wildman–Crippen LogP) is 1.93. The number of pyridine rings is 1. The second-order valence-electron chi connectivity index (χ2n) is 4.83. The summed E-state index contributed by atoms with van der Waals surface area (Å²) in [5, 5.41) is 8.87. The molecule has 0 saturated carbocycles. The van der Waals surface area contributed by atoms with Crippen LogP contribution in [0, 0.1) is 12.8 Å². The van der Waals surface area contributed by atoms with Crippen molar-refractivity contribution in [3.05, 3.63) is 29.6 Å². The van der Waals surface area contributed by atoms with Crippen molar-refractivity contribution in [2.75, 3.05) is 13.1 Å². The van der Waals surface area contributed by atoms with Gasteiger partial charge >= 0.3 is 5.97 Å². The van der Waals surface area contributed by atoms with Gasteiger partial charge in [-0.05, 0) is 24.0 Å². The van der Waals surface area contributed by atoms with E-state index in [2.05, 4.69) is 18.8 Å². The highest BCUT2D eigenvalue weighted by molar-refractivity contribution is 5.69. The number of aryl methyl sites for hydroxylation is 1. The van der Waals surface area contributed by atoms with Crippen molar-refractivity contribution in [2.24, 2.45) is 5.92 Å². The zero-order chi connectivity index (χ0) is 12.8. The Balaban J connectivity index is 2.67. The van der Waals surface area contributed by atoms with Crippen molar-refractivity contribution in [3.63, 3.8) is 0 Å². The molecule has 0 radical (unpaired) electrons. The Labute approximate surface area is 102 Å². The third kappa shape index (κ3) is 5.45. The van der Waals surface area contributed by atoms with Gasteiger partial charge in [0.05, 0.1) is 6.54 Å². The highest BCUT2D eigenvalue weighted by atomic mass is 16.4. The van der Waals surface area contributed by atoms with E-state index in [0.717, 1.165) is 17.7 Å². The number of carbonyl (C=O) groups is 1. The maximum Gasteiger partial charge on any atom is 0.317 e. The monoisotopic (exact) mass is 236 g/mol. The summed E-state index contributed by atoms with van der Waals surface area (Å²) in [7, 11) is 0. The lowest BCUT2D eigenvalue weighted by Gasteiger charge is -2.22. The topological polar surface area (TPSA) is 53.4 Å². The number of hydrogen-bond donors (Lipinski definition) is 1. The van der Waals surface area contributed by atoms with Crippen molar-refractivity contribution in [1.29, 1.82) is 0 Å². The van der Waals surface area contributed by atoms with E-state index >= 15 is 0 Å². The molecule has 0 bridgehead atoms. The highest BCUT2D eigenvalue weighted by Gasteiger charge is 2.12. The number of aliphatic carboxylic acids is 1. The Morgan fingerprint density at radius 3 is 2.71 bits per heavy atom. The summed E-state index contributed by atoms with van der Waals surface area (Å²) < 4.78 is 0. The molecule has 0 unspecified atom stereocenters. The van der Waals surface area contributed by atoms with Gasteiger partial charge in [-0.15, -0.1) is 0 Å². The molecule has 94 valence electrons. The second kappa shape index (κ2) is 6.35. The first-order valence-electron chi connectivity index (χ1n) is 5.82. The minimum absolute atomic E-state index is 0.0755. The summed E-state index contributed by atoms with van der Waals surface area (Å²) >= 11 is 0. The number of carboxylic acid groups (broad SMARTS) is 1. The number of carboxylic acids is 1. The predicted molar refractivity (Wildman–Crippen MR) is 66.7 cm³/mol. The van der Waals surface area contributed by atoms with Crippen LogP contribution in [0.4, 0.5) is 0 Å². The van der Waals surface area contributed by atoms with Crippen LogP contribution in [0.25, 0.3) is 0 Å². The Kier molecular flexibility index (Phi) is 5.10. The molecule has 1 aromatic heterocycles. The summed E-state index contributed by atoms with van der Waals surface area (Å²) in [4.78, 5) is 16.8. The van der Waals surface area contributed by atoms with Crippen molar-refractivity contribution in [3.8, 4) is 0 Å². The minimum atomic E-state index is -0.786.